The summed E-state index contributed by atoms with van der Waals surface area (Å²) >= 11 is 6.54. The van der Waals surface area contributed by atoms with Crippen molar-refractivity contribution in [2.24, 2.45) is 0 Å². The van der Waals surface area contributed by atoms with Crippen LogP contribution >= 0.6 is 31.9 Å². The Bertz CT molecular complexity index is 414. The normalized spacial score (nSPS) is 14.8. The largest absolute Gasteiger partial charge is 0.335 e. The van der Waals surface area contributed by atoms with Crippen molar-refractivity contribution in [1.29, 1.82) is 0 Å². The van der Waals surface area contributed by atoms with Gasteiger partial charge in [-0.15, -0.1) is 0 Å². The molecule has 1 aliphatic carbocycles. The maximum atomic E-state index is 13.2. The molecule has 0 aliphatic heterocycles. The van der Waals surface area contributed by atoms with Crippen molar-refractivity contribution in [3.63, 3.8) is 0 Å². The van der Waals surface area contributed by atoms with Gasteiger partial charge in [0.2, 0.25) is 0 Å². The number of alkyl halides is 1. The summed E-state index contributed by atoms with van der Waals surface area (Å²) in [5.74, 6) is -0.482. The highest BCUT2D eigenvalue weighted by molar-refractivity contribution is 9.10. The van der Waals surface area contributed by atoms with Gasteiger partial charge in [-0.25, -0.2) is 4.39 Å². The zero-order valence-corrected chi connectivity index (χ0v) is 12.3. The minimum atomic E-state index is -0.391. The van der Waals surface area contributed by atoms with Crippen LogP contribution in [0.1, 0.15) is 23.2 Å². The molecule has 0 bridgehead atoms. The topological polar surface area (TPSA) is 20.3 Å². The van der Waals surface area contributed by atoms with Crippen LogP contribution in [0.2, 0.25) is 0 Å². The fourth-order valence-corrected chi connectivity index (χ4v) is 2.62. The number of nitrogens with zero attached hydrogens (tertiary/aromatic N) is 1. The monoisotopic (exact) mass is 363 g/mol. The molecule has 1 aromatic rings. The molecule has 2 nitrogen and oxygen atoms in total. The molecule has 1 aromatic carbocycles. The molecule has 0 unspecified atom stereocenters. The molecule has 1 saturated carbocycles. The maximum absolute atomic E-state index is 13.2. The maximum Gasteiger partial charge on any atom is 0.254 e. The summed E-state index contributed by atoms with van der Waals surface area (Å²) in [6.07, 6.45) is 2.10. The van der Waals surface area contributed by atoms with Crippen LogP contribution in [0.3, 0.4) is 0 Å². The number of rotatable bonds is 4. The molecule has 5 heteroatoms. The SMILES string of the molecule is O=C(c1cc(F)cc(Br)c1)N(CCBr)C1CC1. The van der Waals surface area contributed by atoms with Crippen LogP contribution in [0.25, 0.3) is 0 Å². The third-order valence-corrected chi connectivity index (χ3v) is 3.50. The molecular formula is C12H12Br2FNO. The summed E-state index contributed by atoms with van der Waals surface area (Å²) in [5, 5.41) is 0.742. The number of carbonyl (C=O) groups is 1. The molecule has 0 aromatic heterocycles. The second kappa shape index (κ2) is 5.48. The highest BCUT2D eigenvalue weighted by Crippen LogP contribution is 2.28. The van der Waals surface area contributed by atoms with Crippen LogP contribution in [0.15, 0.2) is 22.7 Å². The van der Waals surface area contributed by atoms with Gasteiger partial charge in [-0.05, 0) is 31.0 Å². The van der Waals surface area contributed by atoms with Gasteiger partial charge in [-0.3, -0.25) is 4.79 Å². The van der Waals surface area contributed by atoms with Crippen LogP contribution < -0.4 is 0 Å². The number of halogens is 3. The third-order valence-electron chi connectivity index (χ3n) is 2.68. The second-order valence-corrected chi connectivity index (χ2v) is 5.79. The molecule has 1 fully saturated rings. The van der Waals surface area contributed by atoms with E-state index in [1.807, 2.05) is 4.90 Å². The molecule has 92 valence electrons. The lowest BCUT2D eigenvalue weighted by atomic mass is 10.2. The Morgan fingerprint density at radius 3 is 2.65 bits per heavy atom. The Kier molecular flexibility index (Phi) is 4.20. The summed E-state index contributed by atoms with van der Waals surface area (Å²) in [6, 6.07) is 4.64. The Morgan fingerprint density at radius 2 is 2.12 bits per heavy atom. The third kappa shape index (κ3) is 3.28. The van der Waals surface area contributed by atoms with Crippen molar-refractivity contribution < 1.29 is 9.18 Å². The molecule has 0 spiro atoms. The van der Waals surface area contributed by atoms with Crippen LogP contribution in [0, 0.1) is 5.82 Å². The van der Waals surface area contributed by atoms with Crippen LogP contribution in [0.5, 0.6) is 0 Å². The van der Waals surface area contributed by atoms with E-state index in [9.17, 15) is 9.18 Å². The zero-order valence-electron chi connectivity index (χ0n) is 9.13. The van der Waals surface area contributed by atoms with E-state index in [-0.39, 0.29) is 5.91 Å². The van der Waals surface area contributed by atoms with E-state index >= 15 is 0 Å². The van der Waals surface area contributed by atoms with Gasteiger partial charge < -0.3 is 4.90 Å². The van der Waals surface area contributed by atoms with Crippen LogP contribution in [-0.4, -0.2) is 28.7 Å². The van der Waals surface area contributed by atoms with Crippen molar-refractivity contribution in [1.82, 2.24) is 4.90 Å². The summed E-state index contributed by atoms with van der Waals surface area (Å²) in [6.45, 7) is 0.664. The van der Waals surface area contributed by atoms with Crippen molar-refractivity contribution in [3.8, 4) is 0 Å². The molecule has 0 radical (unpaired) electrons. The number of hydrogen-bond acceptors (Lipinski definition) is 1. The van der Waals surface area contributed by atoms with E-state index in [2.05, 4.69) is 31.9 Å². The van der Waals surface area contributed by atoms with Gasteiger partial charge in [0.05, 0.1) is 0 Å². The molecule has 0 atom stereocenters. The van der Waals surface area contributed by atoms with Gasteiger partial charge >= 0.3 is 0 Å². The molecule has 0 saturated heterocycles. The number of amides is 1. The lowest BCUT2D eigenvalue weighted by Gasteiger charge is -2.21. The first-order chi connectivity index (χ1) is 8.11. The van der Waals surface area contributed by atoms with Gasteiger partial charge in [0.25, 0.3) is 5.91 Å². The predicted octanol–water partition coefficient (Wildman–Crippen LogP) is 3.59. The minimum absolute atomic E-state index is 0.0906. The Labute approximate surface area is 116 Å². The van der Waals surface area contributed by atoms with Crippen molar-refractivity contribution in [2.45, 2.75) is 18.9 Å². The van der Waals surface area contributed by atoms with E-state index in [0.29, 0.717) is 22.6 Å². The fraction of sp³-hybridized carbons (Fsp3) is 0.417. The average Bonchev–Trinajstić information content (AvgIpc) is 3.07. The lowest BCUT2D eigenvalue weighted by Crippen LogP contribution is -2.34. The van der Waals surface area contributed by atoms with Crippen LogP contribution in [0.4, 0.5) is 4.39 Å². The molecule has 0 N–H and O–H groups in total. The van der Waals surface area contributed by atoms with Crippen molar-refractivity contribution in [2.75, 3.05) is 11.9 Å². The van der Waals surface area contributed by atoms with Crippen molar-refractivity contribution >= 4 is 37.8 Å². The van der Waals surface area contributed by atoms with Crippen molar-refractivity contribution in [3.05, 3.63) is 34.1 Å². The number of carbonyl (C=O) groups excluding carboxylic acids is 1. The Hall–Kier alpha value is -0.420. The quantitative estimate of drug-likeness (QED) is 0.747. The van der Waals surface area contributed by atoms with E-state index in [4.69, 9.17) is 0 Å². The highest BCUT2D eigenvalue weighted by Gasteiger charge is 2.32. The molecule has 2 rings (SSSR count). The number of hydrogen-bond donors (Lipinski definition) is 0. The van der Waals surface area contributed by atoms with Gasteiger partial charge in [-0.2, -0.15) is 0 Å². The predicted molar refractivity (Wildman–Crippen MR) is 72.0 cm³/mol. The van der Waals surface area contributed by atoms with E-state index in [1.165, 1.54) is 12.1 Å². The first-order valence-corrected chi connectivity index (χ1v) is 7.36. The van der Waals surface area contributed by atoms with E-state index in [0.717, 1.165) is 18.2 Å². The average molecular weight is 365 g/mol. The second-order valence-electron chi connectivity index (χ2n) is 4.08. The summed E-state index contributed by atoms with van der Waals surface area (Å²) < 4.78 is 13.8. The van der Waals surface area contributed by atoms with E-state index < -0.39 is 5.82 Å². The Morgan fingerprint density at radius 1 is 1.41 bits per heavy atom. The minimum Gasteiger partial charge on any atom is -0.335 e. The molecule has 1 aliphatic rings. The van der Waals surface area contributed by atoms with E-state index in [1.54, 1.807) is 6.07 Å². The summed E-state index contributed by atoms with van der Waals surface area (Å²) in [7, 11) is 0. The van der Waals surface area contributed by atoms with Gasteiger partial charge in [0, 0.05) is 28.0 Å². The fourth-order valence-electron chi connectivity index (χ4n) is 1.77. The summed E-state index contributed by atoms with van der Waals surface area (Å²) in [4.78, 5) is 14.1. The lowest BCUT2D eigenvalue weighted by molar-refractivity contribution is 0.0754. The first-order valence-electron chi connectivity index (χ1n) is 5.45. The standard InChI is InChI=1S/C12H12Br2FNO/c13-3-4-16(11-1-2-11)12(17)8-5-9(14)7-10(15)6-8/h5-7,11H,1-4H2. The van der Waals surface area contributed by atoms with Gasteiger partial charge in [-0.1, -0.05) is 31.9 Å². The van der Waals surface area contributed by atoms with Crippen LogP contribution in [-0.2, 0) is 0 Å². The zero-order chi connectivity index (χ0) is 12.4. The number of benzene rings is 1. The first kappa shape index (κ1) is 13.0. The van der Waals surface area contributed by atoms with Gasteiger partial charge in [0.1, 0.15) is 5.82 Å². The Balaban J connectivity index is 2.21. The molecule has 1 amide bonds. The van der Waals surface area contributed by atoms with Gasteiger partial charge in [0.15, 0.2) is 0 Å². The summed E-state index contributed by atoms with van der Waals surface area (Å²) in [5.41, 5.74) is 0.407. The molecule has 0 heterocycles. The smallest absolute Gasteiger partial charge is 0.254 e. The highest BCUT2D eigenvalue weighted by atomic mass is 79.9. The molecular weight excluding hydrogens is 353 g/mol. The molecule has 17 heavy (non-hydrogen) atoms.